The SMILES string of the molecule is COCCOC(=O)c1ccc(-c2ccc(-c3ccc(C(C)=O)cc3)cc2)cc1. The number of rotatable bonds is 7. The van der Waals surface area contributed by atoms with E-state index in [1.165, 1.54) is 0 Å². The van der Waals surface area contributed by atoms with Crippen molar-refractivity contribution in [2.24, 2.45) is 0 Å². The number of ketones is 1. The molecule has 0 atom stereocenters. The van der Waals surface area contributed by atoms with Gasteiger partial charge in [-0.15, -0.1) is 0 Å². The molecule has 0 aliphatic heterocycles. The zero-order valence-corrected chi connectivity index (χ0v) is 16.0. The minimum atomic E-state index is -0.354. The molecule has 28 heavy (non-hydrogen) atoms. The zero-order valence-electron chi connectivity index (χ0n) is 16.0. The highest BCUT2D eigenvalue weighted by atomic mass is 16.6. The number of ether oxygens (including phenoxy) is 2. The average Bonchev–Trinajstić information content (AvgIpc) is 2.74. The number of methoxy groups -OCH3 is 1. The minimum Gasteiger partial charge on any atom is -0.460 e. The number of carbonyl (C=O) groups is 2. The van der Waals surface area contributed by atoms with Gasteiger partial charge in [-0.2, -0.15) is 0 Å². The van der Waals surface area contributed by atoms with Gasteiger partial charge in [-0.1, -0.05) is 60.7 Å². The first-order valence-electron chi connectivity index (χ1n) is 9.06. The first-order chi connectivity index (χ1) is 13.6. The Morgan fingerprint density at radius 3 is 1.43 bits per heavy atom. The summed E-state index contributed by atoms with van der Waals surface area (Å²) in [4.78, 5) is 23.3. The monoisotopic (exact) mass is 374 g/mol. The van der Waals surface area contributed by atoms with Crippen molar-refractivity contribution in [1.82, 2.24) is 0 Å². The Bertz CT molecular complexity index is 939. The molecule has 4 nitrogen and oxygen atoms in total. The molecule has 0 aliphatic carbocycles. The molecule has 3 aromatic rings. The Hall–Kier alpha value is -3.24. The molecule has 0 saturated heterocycles. The van der Waals surface area contributed by atoms with Gasteiger partial charge < -0.3 is 9.47 Å². The van der Waals surface area contributed by atoms with Crippen LogP contribution < -0.4 is 0 Å². The first-order valence-corrected chi connectivity index (χ1v) is 9.06. The maximum absolute atomic E-state index is 11.9. The fourth-order valence-electron chi connectivity index (χ4n) is 2.85. The van der Waals surface area contributed by atoms with E-state index in [-0.39, 0.29) is 18.4 Å². The highest BCUT2D eigenvalue weighted by Crippen LogP contribution is 2.25. The van der Waals surface area contributed by atoms with Gasteiger partial charge >= 0.3 is 5.97 Å². The van der Waals surface area contributed by atoms with Crippen LogP contribution in [0.3, 0.4) is 0 Å². The van der Waals surface area contributed by atoms with Crippen LogP contribution in [0, 0.1) is 0 Å². The topological polar surface area (TPSA) is 52.6 Å². The standard InChI is InChI=1S/C24H22O4/c1-17(25)18-3-5-19(6-4-18)20-7-9-21(10-8-20)22-11-13-23(14-12-22)24(26)28-16-15-27-2/h3-14H,15-16H2,1-2H3. The third kappa shape index (κ3) is 4.72. The Morgan fingerprint density at radius 2 is 1.04 bits per heavy atom. The molecule has 0 aromatic heterocycles. The van der Waals surface area contributed by atoms with Crippen LogP contribution in [0.5, 0.6) is 0 Å². The summed E-state index contributed by atoms with van der Waals surface area (Å²) >= 11 is 0. The van der Waals surface area contributed by atoms with Crippen LogP contribution in [-0.4, -0.2) is 32.1 Å². The van der Waals surface area contributed by atoms with Crippen LogP contribution in [0.1, 0.15) is 27.6 Å². The van der Waals surface area contributed by atoms with Gasteiger partial charge in [-0.05, 0) is 41.3 Å². The molecule has 0 fully saturated rings. The van der Waals surface area contributed by atoms with Crippen LogP contribution in [0.4, 0.5) is 0 Å². The molecule has 0 saturated carbocycles. The highest BCUT2D eigenvalue weighted by Gasteiger charge is 2.08. The van der Waals surface area contributed by atoms with Gasteiger partial charge in [0.1, 0.15) is 6.61 Å². The smallest absolute Gasteiger partial charge is 0.338 e. The Balaban J connectivity index is 1.71. The van der Waals surface area contributed by atoms with E-state index < -0.39 is 0 Å². The van der Waals surface area contributed by atoms with Crippen molar-refractivity contribution in [1.29, 1.82) is 0 Å². The summed E-state index contributed by atoms with van der Waals surface area (Å²) in [7, 11) is 1.56. The van der Waals surface area contributed by atoms with Crippen LogP contribution in [0.15, 0.2) is 72.8 Å². The minimum absolute atomic E-state index is 0.0629. The maximum Gasteiger partial charge on any atom is 0.338 e. The molecule has 0 aliphatic rings. The predicted molar refractivity (Wildman–Crippen MR) is 109 cm³/mol. The third-order valence-electron chi connectivity index (χ3n) is 4.48. The van der Waals surface area contributed by atoms with E-state index in [1.807, 2.05) is 60.7 Å². The lowest BCUT2D eigenvalue weighted by Gasteiger charge is -2.07. The summed E-state index contributed by atoms with van der Waals surface area (Å²) in [6.45, 7) is 2.19. The van der Waals surface area contributed by atoms with Crippen LogP contribution in [-0.2, 0) is 9.47 Å². The van der Waals surface area contributed by atoms with Crippen molar-refractivity contribution in [2.45, 2.75) is 6.92 Å². The second kappa shape index (κ2) is 9.11. The Morgan fingerprint density at radius 1 is 0.643 bits per heavy atom. The second-order valence-electron chi connectivity index (χ2n) is 6.42. The third-order valence-corrected chi connectivity index (χ3v) is 4.48. The number of hydrogen-bond acceptors (Lipinski definition) is 4. The normalized spacial score (nSPS) is 10.5. The van der Waals surface area contributed by atoms with Gasteiger partial charge in [-0.25, -0.2) is 4.79 Å². The van der Waals surface area contributed by atoms with Gasteiger partial charge in [0, 0.05) is 12.7 Å². The highest BCUT2D eigenvalue weighted by molar-refractivity contribution is 5.94. The molecule has 4 heteroatoms. The molecule has 3 rings (SSSR count). The number of Topliss-reactive ketones (excluding diaryl/α,β-unsaturated/α-hetero) is 1. The molecular weight excluding hydrogens is 352 g/mol. The van der Waals surface area contributed by atoms with Crippen molar-refractivity contribution in [3.8, 4) is 22.3 Å². The molecule has 0 unspecified atom stereocenters. The van der Waals surface area contributed by atoms with Gasteiger partial charge in [0.25, 0.3) is 0 Å². The summed E-state index contributed by atoms with van der Waals surface area (Å²) in [5.41, 5.74) is 5.45. The maximum atomic E-state index is 11.9. The van der Waals surface area contributed by atoms with Crippen LogP contribution in [0.25, 0.3) is 22.3 Å². The first kappa shape index (κ1) is 19.5. The molecule has 142 valence electrons. The lowest BCUT2D eigenvalue weighted by molar-refractivity contribution is 0.0388. The van der Waals surface area contributed by atoms with Gasteiger partial charge in [0.2, 0.25) is 0 Å². The van der Waals surface area contributed by atoms with Crippen molar-refractivity contribution in [3.63, 3.8) is 0 Å². The van der Waals surface area contributed by atoms with Gasteiger partial charge in [0.05, 0.1) is 12.2 Å². The van der Waals surface area contributed by atoms with E-state index in [4.69, 9.17) is 9.47 Å². The van der Waals surface area contributed by atoms with Crippen LogP contribution >= 0.6 is 0 Å². The zero-order chi connectivity index (χ0) is 19.9. The number of carbonyl (C=O) groups excluding carboxylic acids is 2. The van der Waals surface area contributed by atoms with E-state index in [9.17, 15) is 9.59 Å². The number of benzene rings is 3. The van der Waals surface area contributed by atoms with E-state index in [0.717, 1.165) is 22.3 Å². The summed E-state index contributed by atoms with van der Waals surface area (Å²) in [6, 6.07) is 23.1. The van der Waals surface area contributed by atoms with E-state index in [1.54, 1.807) is 26.2 Å². The molecular formula is C24H22O4. The predicted octanol–water partition coefficient (Wildman–Crippen LogP) is 5.03. The average molecular weight is 374 g/mol. The summed E-state index contributed by atoms with van der Waals surface area (Å²) in [6.07, 6.45) is 0. The van der Waals surface area contributed by atoms with Gasteiger partial charge in [-0.3, -0.25) is 4.79 Å². The van der Waals surface area contributed by atoms with Crippen LogP contribution in [0.2, 0.25) is 0 Å². The lowest BCUT2D eigenvalue weighted by Crippen LogP contribution is -2.09. The molecule has 0 amide bonds. The Labute approximate surface area is 164 Å². The molecule has 0 bridgehead atoms. The largest absolute Gasteiger partial charge is 0.460 e. The molecule has 0 heterocycles. The fourth-order valence-corrected chi connectivity index (χ4v) is 2.85. The fraction of sp³-hybridized carbons (Fsp3) is 0.167. The molecule has 0 spiro atoms. The summed E-state index contributed by atoms with van der Waals surface area (Å²) < 4.78 is 9.99. The van der Waals surface area contributed by atoms with E-state index in [0.29, 0.717) is 17.7 Å². The quantitative estimate of drug-likeness (QED) is 0.331. The molecule has 0 N–H and O–H groups in total. The second-order valence-corrected chi connectivity index (χ2v) is 6.42. The summed E-state index contributed by atoms with van der Waals surface area (Å²) in [5.74, 6) is -0.291. The molecule has 0 radical (unpaired) electrons. The van der Waals surface area contributed by atoms with Crippen molar-refractivity contribution < 1.29 is 19.1 Å². The van der Waals surface area contributed by atoms with Crippen molar-refractivity contribution in [2.75, 3.05) is 20.3 Å². The lowest BCUT2D eigenvalue weighted by atomic mass is 9.98. The Kier molecular flexibility index (Phi) is 6.35. The number of esters is 1. The number of hydrogen-bond donors (Lipinski definition) is 0. The summed E-state index contributed by atoms with van der Waals surface area (Å²) in [5, 5.41) is 0. The van der Waals surface area contributed by atoms with Gasteiger partial charge in [0.15, 0.2) is 5.78 Å². The van der Waals surface area contributed by atoms with E-state index in [2.05, 4.69) is 0 Å². The molecule has 3 aromatic carbocycles. The van der Waals surface area contributed by atoms with Crippen molar-refractivity contribution in [3.05, 3.63) is 83.9 Å². The van der Waals surface area contributed by atoms with Crippen molar-refractivity contribution >= 4 is 11.8 Å². The van der Waals surface area contributed by atoms with E-state index >= 15 is 0 Å².